The summed E-state index contributed by atoms with van der Waals surface area (Å²) >= 11 is 1.33. The zero-order valence-corrected chi connectivity index (χ0v) is 14.3. The number of nitrogens with zero attached hydrogens (tertiary/aromatic N) is 2. The van der Waals surface area contributed by atoms with Crippen LogP contribution in [0.5, 0.6) is 0 Å². The third kappa shape index (κ3) is 3.94. The van der Waals surface area contributed by atoms with Gasteiger partial charge in [-0.15, -0.1) is 11.3 Å². The molecule has 3 rings (SSSR count). The van der Waals surface area contributed by atoms with Crippen LogP contribution in [0.15, 0.2) is 60.1 Å². The van der Waals surface area contributed by atoms with Gasteiger partial charge >= 0.3 is 0 Å². The number of nitriles is 1. The molecular weight excluding hydrogens is 351 g/mol. The lowest BCUT2D eigenvalue weighted by molar-refractivity contribution is 0.100. The van der Waals surface area contributed by atoms with E-state index in [2.05, 4.69) is 16.4 Å². The van der Waals surface area contributed by atoms with Crippen molar-refractivity contribution in [3.8, 4) is 17.3 Å². The molecule has 0 radical (unpaired) electrons. The molecule has 1 heterocycles. The van der Waals surface area contributed by atoms with Gasteiger partial charge in [-0.25, -0.2) is 9.37 Å². The first-order valence-corrected chi connectivity index (χ1v) is 8.43. The van der Waals surface area contributed by atoms with E-state index in [1.807, 2.05) is 5.38 Å². The molecule has 1 amide bonds. The van der Waals surface area contributed by atoms with Gasteiger partial charge < -0.3 is 11.1 Å². The van der Waals surface area contributed by atoms with Crippen molar-refractivity contribution in [2.24, 2.45) is 5.73 Å². The number of nitrogens with one attached hydrogen (secondary N) is 1. The van der Waals surface area contributed by atoms with Gasteiger partial charge in [0.1, 0.15) is 22.5 Å². The quantitative estimate of drug-likeness (QED) is 0.669. The summed E-state index contributed by atoms with van der Waals surface area (Å²) in [6.45, 7) is 0. The highest BCUT2D eigenvalue weighted by Gasteiger charge is 2.09. The zero-order chi connectivity index (χ0) is 18.5. The molecule has 7 heteroatoms. The highest BCUT2D eigenvalue weighted by molar-refractivity contribution is 7.11. The number of halogens is 1. The van der Waals surface area contributed by atoms with E-state index in [1.54, 1.807) is 42.6 Å². The van der Waals surface area contributed by atoms with Gasteiger partial charge in [0.15, 0.2) is 0 Å². The van der Waals surface area contributed by atoms with Crippen LogP contribution in [0.3, 0.4) is 0 Å². The molecule has 0 aliphatic rings. The molecule has 26 heavy (non-hydrogen) atoms. The van der Waals surface area contributed by atoms with E-state index in [4.69, 9.17) is 5.73 Å². The molecule has 3 aromatic rings. The third-order valence-corrected chi connectivity index (χ3v) is 4.42. The first-order chi connectivity index (χ1) is 12.6. The molecule has 2 aromatic carbocycles. The fourth-order valence-corrected chi connectivity index (χ4v) is 2.97. The lowest BCUT2D eigenvalue weighted by Gasteiger charge is -2.02. The molecule has 0 fully saturated rings. The molecule has 0 bridgehead atoms. The summed E-state index contributed by atoms with van der Waals surface area (Å²) in [4.78, 5) is 15.5. The largest absolute Gasteiger partial charge is 0.366 e. The van der Waals surface area contributed by atoms with E-state index in [-0.39, 0.29) is 5.82 Å². The Morgan fingerprint density at radius 3 is 2.50 bits per heavy atom. The van der Waals surface area contributed by atoms with Crippen molar-refractivity contribution in [2.75, 3.05) is 5.32 Å². The van der Waals surface area contributed by atoms with E-state index in [1.165, 1.54) is 23.5 Å². The normalized spacial score (nSPS) is 11.0. The summed E-state index contributed by atoms with van der Waals surface area (Å²) in [6.07, 6.45) is 1.55. The number of primary amides is 1. The average Bonchev–Trinajstić information content (AvgIpc) is 3.13. The van der Waals surface area contributed by atoms with E-state index in [9.17, 15) is 14.4 Å². The maximum Gasteiger partial charge on any atom is 0.248 e. The van der Waals surface area contributed by atoms with Crippen LogP contribution in [0.25, 0.3) is 16.8 Å². The Morgan fingerprint density at radius 1 is 1.19 bits per heavy atom. The van der Waals surface area contributed by atoms with Gasteiger partial charge in [-0.1, -0.05) is 0 Å². The molecule has 5 nitrogen and oxygen atoms in total. The predicted molar refractivity (Wildman–Crippen MR) is 99.7 cm³/mol. The van der Waals surface area contributed by atoms with Crippen molar-refractivity contribution < 1.29 is 9.18 Å². The number of hydrogen-bond donors (Lipinski definition) is 2. The molecule has 3 N–H and O–H groups in total. The highest BCUT2D eigenvalue weighted by atomic mass is 32.1. The molecule has 0 unspecified atom stereocenters. The van der Waals surface area contributed by atoms with Crippen LogP contribution >= 0.6 is 11.3 Å². The van der Waals surface area contributed by atoms with Crippen molar-refractivity contribution in [2.45, 2.75) is 0 Å². The van der Waals surface area contributed by atoms with Crippen LogP contribution in [0.4, 0.5) is 10.1 Å². The minimum absolute atomic E-state index is 0.312. The Balaban J connectivity index is 1.78. The maximum atomic E-state index is 13.0. The third-order valence-electron chi connectivity index (χ3n) is 3.55. The number of rotatable bonds is 5. The smallest absolute Gasteiger partial charge is 0.248 e. The maximum absolute atomic E-state index is 13.0. The van der Waals surface area contributed by atoms with Crippen LogP contribution in [-0.4, -0.2) is 10.9 Å². The van der Waals surface area contributed by atoms with E-state index < -0.39 is 5.91 Å². The number of hydrogen-bond acceptors (Lipinski definition) is 5. The van der Waals surface area contributed by atoms with Crippen molar-refractivity contribution >= 4 is 28.5 Å². The molecule has 0 spiro atoms. The number of anilines is 1. The Labute approximate surface area is 153 Å². The summed E-state index contributed by atoms with van der Waals surface area (Å²) < 4.78 is 13.0. The summed E-state index contributed by atoms with van der Waals surface area (Å²) in [5.41, 5.74) is 8.13. The molecule has 0 atom stereocenters. The number of carbonyl (C=O) groups excluding carboxylic acids is 1. The van der Waals surface area contributed by atoms with Crippen molar-refractivity contribution in [1.82, 2.24) is 4.98 Å². The van der Waals surface area contributed by atoms with E-state index in [0.29, 0.717) is 27.5 Å². The summed E-state index contributed by atoms with van der Waals surface area (Å²) in [5, 5.41) is 14.7. The first-order valence-electron chi connectivity index (χ1n) is 7.55. The number of carbonyl (C=O) groups is 1. The number of thiazole rings is 1. The molecular formula is C19H13FN4OS. The number of amides is 1. The molecule has 1 aromatic heterocycles. The van der Waals surface area contributed by atoms with Gasteiger partial charge in [-0.3, -0.25) is 4.79 Å². The van der Waals surface area contributed by atoms with Crippen molar-refractivity contribution in [3.05, 3.63) is 76.5 Å². The first kappa shape index (κ1) is 17.3. The van der Waals surface area contributed by atoms with Gasteiger partial charge in [0.2, 0.25) is 5.91 Å². The summed E-state index contributed by atoms with van der Waals surface area (Å²) in [5.74, 6) is -0.811. The number of nitrogens with two attached hydrogens (primary N) is 1. The standard InChI is InChI=1S/C19H13FN4OS/c20-15-5-1-12(2-6-15)17-11-26-19(24-17)14(9-21)10-23-16-7-3-13(4-8-16)18(22)25/h1-8,10-11,23H,(H2,22,25). The SMILES string of the molecule is N#CC(=CNc1ccc(C(N)=O)cc1)c1nc(-c2ccc(F)cc2)cs1. The highest BCUT2D eigenvalue weighted by Crippen LogP contribution is 2.26. The number of benzene rings is 2. The number of allylic oxidation sites excluding steroid dienone is 1. The van der Waals surface area contributed by atoms with Crippen molar-refractivity contribution in [3.63, 3.8) is 0 Å². The summed E-state index contributed by atoms with van der Waals surface area (Å²) in [7, 11) is 0. The second-order valence-electron chi connectivity index (χ2n) is 5.30. The fraction of sp³-hybridized carbons (Fsp3) is 0. The van der Waals surface area contributed by atoms with Crippen LogP contribution in [0.1, 0.15) is 15.4 Å². The Morgan fingerprint density at radius 2 is 1.88 bits per heavy atom. The number of aromatic nitrogens is 1. The van der Waals surface area contributed by atoms with Crippen LogP contribution in [-0.2, 0) is 0 Å². The predicted octanol–water partition coefficient (Wildman–Crippen LogP) is 4.02. The van der Waals surface area contributed by atoms with Crippen LogP contribution < -0.4 is 11.1 Å². The zero-order valence-electron chi connectivity index (χ0n) is 13.4. The average molecular weight is 364 g/mol. The lowest BCUT2D eigenvalue weighted by Crippen LogP contribution is -2.10. The lowest BCUT2D eigenvalue weighted by atomic mass is 10.2. The topological polar surface area (TPSA) is 91.8 Å². The minimum atomic E-state index is -0.499. The van der Waals surface area contributed by atoms with E-state index in [0.717, 1.165) is 5.56 Å². The van der Waals surface area contributed by atoms with Gasteiger partial charge in [-0.05, 0) is 48.5 Å². The molecule has 0 aliphatic carbocycles. The van der Waals surface area contributed by atoms with Crippen molar-refractivity contribution in [1.29, 1.82) is 5.26 Å². The van der Waals surface area contributed by atoms with Gasteiger partial charge in [0.25, 0.3) is 0 Å². The second kappa shape index (κ2) is 7.59. The van der Waals surface area contributed by atoms with Gasteiger partial charge in [0.05, 0.1) is 5.69 Å². The minimum Gasteiger partial charge on any atom is -0.366 e. The Kier molecular flexibility index (Phi) is 5.06. The second-order valence-corrected chi connectivity index (χ2v) is 6.16. The molecule has 0 saturated carbocycles. The Hall–Kier alpha value is -3.50. The van der Waals surface area contributed by atoms with Crippen LogP contribution in [0.2, 0.25) is 0 Å². The van der Waals surface area contributed by atoms with Gasteiger partial charge in [0, 0.05) is 28.4 Å². The van der Waals surface area contributed by atoms with Gasteiger partial charge in [-0.2, -0.15) is 5.26 Å². The molecule has 128 valence electrons. The van der Waals surface area contributed by atoms with Crippen LogP contribution in [0, 0.1) is 17.1 Å². The fourth-order valence-electron chi connectivity index (χ4n) is 2.18. The van der Waals surface area contributed by atoms with E-state index >= 15 is 0 Å². The monoisotopic (exact) mass is 364 g/mol. The summed E-state index contributed by atoms with van der Waals surface area (Å²) in [6, 6.07) is 14.7. The Bertz CT molecular complexity index is 1000. The molecule has 0 aliphatic heterocycles. The molecule has 0 saturated heterocycles.